The molecule has 3 rings (SSSR count). The Morgan fingerprint density at radius 2 is 1.88 bits per heavy atom. The smallest absolute Gasteiger partial charge is 0.271 e. The van der Waals surface area contributed by atoms with E-state index in [9.17, 15) is 9.59 Å². The Kier molecular flexibility index (Phi) is 4.49. The Labute approximate surface area is 149 Å². The standard InChI is InChI=1S/C18H18N6O2/c1-10(2)24-9-11(6-7-13(24)25)14-15(12-5-3-4-8-21-12)23-17(19)16(22-14)18(20)26/h3-10H,1-2H3,(H2,19,23)(H2,20,26). The first-order valence-corrected chi connectivity index (χ1v) is 7.99. The molecule has 0 bridgehead atoms. The molecule has 3 aromatic rings. The van der Waals surface area contributed by atoms with Crippen LogP contribution in [0.5, 0.6) is 0 Å². The van der Waals surface area contributed by atoms with Crippen molar-refractivity contribution in [2.75, 3.05) is 5.73 Å². The highest BCUT2D eigenvalue weighted by molar-refractivity contribution is 5.96. The normalized spacial score (nSPS) is 10.9. The molecule has 26 heavy (non-hydrogen) atoms. The number of primary amides is 1. The Balaban J connectivity index is 2.32. The highest BCUT2D eigenvalue weighted by Crippen LogP contribution is 2.29. The molecule has 0 spiro atoms. The van der Waals surface area contributed by atoms with Gasteiger partial charge in [-0.05, 0) is 32.0 Å². The number of nitrogens with zero attached hydrogens (tertiary/aromatic N) is 4. The molecule has 0 aliphatic carbocycles. The minimum absolute atomic E-state index is 0.0434. The maximum Gasteiger partial charge on any atom is 0.271 e. The van der Waals surface area contributed by atoms with Gasteiger partial charge in [-0.15, -0.1) is 0 Å². The molecule has 0 saturated heterocycles. The molecule has 0 unspecified atom stereocenters. The molecule has 0 radical (unpaired) electrons. The van der Waals surface area contributed by atoms with Gasteiger partial charge in [0.25, 0.3) is 11.5 Å². The molecule has 0 fully saturated rings. The second-order valence-corrected chi connectivity index (χ2v) is 5.99. The van der Waals surface area contributed by atoms with Crippen LogP contribution in [0.15, 0.2) is 47.5 Å². The zero-order chi connectivity index (χ0) is 18.8. The summed E-state index contributed by atoms with van der Waals surface area (Å²) in [5, 5.41) is 0. The van der Waals surface area contributed by atoms with Crippen LogP contribution in [-0.4, -0.2) is 25.4 Å². The summed E-state index contributed by atoms with van der Waals surface area (Å²) in [6.45, 7) is 3.79. The fourth-order valence-electron chi connectivity index (χ4n) is 2.56. The van der Waals surface area contributed by atoms with Crippen molar-refractivity contribution < 1.29 is 4.79 Å². The predicted octanol–water partition coefficient (Wildman–Crippen LogP) is 1.63. The number of hydrogen-bond acceptors (Lipinski definition) is 6. The molecule has 4 N–H and O–H groups in total. The summed E-state index contributed by atoms with van der Waals surface area (Å²) in [4.78, 5) is 36.6. The fourth-order valence-corrected chi connectivity index (χ4v) is 2.56. The summed E-state index contributed by atoms with van der Waals surface area (Å²) in [6, 6.07) is 8.36. The van der Waals surface area contributed by atoms with Crippen molar-refractivity contribution in [2.24, 2.45) is 5.73 Å². The van der Waals surface area contributed by atoms with Crippen LogP contribution in [0.2, 0.25) is 0 Å². The van der Waals surface area contributed by atoms with Crippen molar-refractivity contribution >= 4 is 11.7 Å². The summed E-state index contributed by atoms with van der Waals surface area (Å²) in [5.41, 5.74) is 12.9. The second-order valence-electron chi connectivity index (χ2n) is 5.99. The lowest BCUT2D eigenvalue weighted by atomic mass is 10.1. The average Bonchev–Trinajstić information content (AvgIpc) is 2.62. The van der Waals surface area contributed by atoms with Crippen LogP contribution in [0.1, 0.15) is 30.4 Å². The first-order chi connectivity index (χ1) is 12.4. The van der Waals surface area contributed by atoms with E-state index in [0.29, 0.717) is 22.6 Å². The van der Waals surface area contributed by atoms with Gasteiger partial charge in [-0.25, -0.2) is 9.97 Å². The van der Waals surface area contributed by atoms with Crippen LogP contribution in [-0.2, 0) is 0 Å². The van der Waals surface area contributed by atoms with Crippen LogP contribution in [0, 0.1) is 0 Å². The average molecular weight is 350 g/mol. The van der Waals surface area contributed by atoms with Crippen LogP contribution in [0.3, 0.4) is 0 Å². The molecule has 3 aromatic heterocycles. The lowest BCUT2D eigenvalue weighted by Gasteiger charge is -2.14. The van der Waals surface area contributed by atoms with Gasteiger partial charge in [0.15, 0.2) is 11.5 Å². The SMILES string of the molecule is CC(C)n1cc(-c2nc(C(N)=O)c(N)nc2-c2ccccn2)ccc1=O. The molecule has 0 saturated carbocycles. The summed E-state index contributed by atoms with van der Waals surface area (Å²) in [7, 11) is 0. The lowest BCUT2D eigenvalue weighted by molar-refractivity contribution is 0.0996. The third kappa shape index (κ3) is 3.16. The molecule has 8 nitrogen and oxygen atoms in total. The number of aromatic nitrogens is 4. The van der Waals surface area contributed by atoms with Gasteiger partial charge in [0.05, 0.1) is 5.69 Å². The van der Waals surface area contributed by atoms with E-state index in [1.54, 1.807) is 41.2 Å². The minimum atomic E-state index is -0.777. The first-order valence-electron chi connectivity index (χ1n) is 7.99. The van der Waals surface area contributed by atoms with Gasteiger partial charge >= 0.3 is 0 Å². The monoisotopic (exact) mass is 350 g/mol. The molecular weight excluding hydrogens is 332 g/mol. The molecule has 0 aliphatic rings. The van der Waals surface area contributed by atoms with Gasteiger partial charge in [0, 0.05) is 30.1 Å². The topological polar surface area (TPSA) is 130 Å². The number of carbonyl (C=O) groups is 1. The largest absolute Gasteiger partial charge is 0.382 e. The zero-order valence-corrected chi connectivity index (χ0v) is 14.4. The second kappa shape index (κ2) is 6.75. The number of nitrogen functional groups attached to an aromatic ring is 1. The van der Waals surface area contributed by atoms with Crippen molar-refractivity contribution in [3.8, 4) is 22.6 Å². The molecule has 3 heterocycles. The highest BCUT2D eigenvalue weighted by atomic mass is 16.1. The van der Waals surface area contributed by atoms with E-state index >= 15 is 0 Å². The third-order valence-corrected chi connectivity index (χ3v) is 3.83. The van der Waals surface area contributed by atoms with E-state index in [2.05, 4.69) is 15.0 Å². The summed E-state index contributed by atoms with van der Waals surface area (Å²) < 4.78 is 1.57. The summed E-state index contributed by atoms with van der Waals surface area (Å²) >= 11 is 0. The molecule has 8 heteroatoms. The van der Waals surface area contributed by atoms with E-state index in [0.717, 1.165) is 0 Å². The fraction of sp³-hybridized carbons (Fsp3) is 0.167. The number of hydrogen-bond donors (Lipinski definition) is 2. The van der Waals surface area contributed by atoms with Crippen molar-refractivity contribution in [3.05, 3.63) is 58.8 Å². The molecule has 0 aromatic carbocycles. The van der Waals surface area contributed by atoms with Crippen LogP contribution >= 0.6 is 0 Å². The van der Waals surface area contributed by atoms with Crippen LogP contribution < -0.4 is 17.0 Å². The van der Waals surface area contributed by atoms with Gasteiger partial charge in [-0.1, -0.05) is 6.07 Å². The maximum atomic E-state index is 12.0. The maximum absolute atomic E-state index is 12.0. The summed E-state index contributed by atoms with van der Waals surface area (Å²) in [5.74, 6) is -0.847. The van der Waals surface area contributed by atoms with E-state index < -0.39 is 5.91 Å². The quantitative estimate of drug-likeness (QED) is 0.735. The van der Waals surface area contributed by atoms with E-state index in [4.69, 9.17) is 11.5 Å². The first kappa shape index (κ1) is 17.3. The van der Waals surface area contributed by atoms with Crippen molar-refractivity contribution in [1.29, 1.82) is 0 Å². The van der Waals surface area contributed by atoms with E-state index in [-0.39, 0.29) is 23.1 Å². The third-order valence-electron chi connectivity index (χ3n) is 3.83. The Bertz CT molecular complexity index is 1030. The molecular formula is C18H18N6O2. The van der Waals surface area contributed by atoms with Crippen LogP contribution in [0.4, 0.5) is 5.82 Å². The van der Waals surface area contributed by atoms with Gasteiger partial charge < -0.3 is 16.0 Å². The highest BCUT2D eigenvalue weighted by Gasteiger charge is 2.19. The van der Waals surface area contributed by atoms with Crippen molar-refractivity contribution in [3.63, 3.8) is 0 Å². The van der Waals surface area contributed by atoms with E-state index in [1.807, 2.05) is 13.8 Å². The number of pyridine rings is 2. The Hall–Kier alpha value is -3.55. The number of carbonyl (C=O) groups excluding carboxylic acids is 1. The van der Waals surface area contributed by atoms with E-state index in [1.165, 1.54) is 6.07 Å². The number of anilines is 1. The van der Waals surface area contributed by atoms with Gasteiger partial charge in [0.1, 0.15) is 11.4 Å². The molecule has 1 amide bonds. The minimum Gasteiger partial charge on any atom is -0.382 e. The lowest BCUT2D eigenvalue weighted by Crippen LogP contribution is -2.21. The molecule has 0 aliphatic heterocycles. The number of amides is 1. The Morgan fingerprint density at radius 3 is 2.50 bits per heavy atom. The van der Waals surface area contributed by atoms with Crippen LogP contribution in [0.25, 0.3) is 22.6 Å². The predicted molar refractivity (Wildman–Crippen MR) is 98.3 cm³/mol. The van der Waals surface area contributed by atoms with Crippen molar-refractivity contribution in [2.45, 2.75) is 19.9 Å². The number of rotatable bonds is 4. The van der Waals surface area contributed by atoms with Gasteiger partial charge in [-0.2, -0.15) is 0 Å². The molecule has 0 atom stereocenters. The van der Waals surface area contributed by atoms with Crippen molar-refractivity contribution in [1.82, 2.24) is 19.5 Å². The van der Waals surface area contributed by atoms with Gasteiger partial charge in [-0.3, -0.25) is 14.6 Å². The zero-order valence-electron chi connectivity index (χ0n) is 14.4. The number of nitrogens with two attached hydrogens (primary N) is 2. The molecule has 132 valence electrons. The Morgan fingerprint density at radius 1 is 1.12 bits per heavy atom. The summed E-state index contributed by atoms with van der Waals surface area (Å²) in [6.07, 6.45) is 3.29. The van der Waals surface area contributed by atoms with Gasteiger partial charge in [0.2, 0.25) is 0 Å².